The third-order valence-corrected chi connectivity index (χ3v) is 4.24. The Morgan fingerprint density at radius 3 is 2.62 bits per heavy atom. The minimum atomic E-state index is -0.221. The molecule has 3 aromatic heterocycles. The Morgan fingerprint density at radius 1 is 1.00 bits per heavy atom. The van der Waals surface area contributed by atoms with Crippen LogP contribution in [-0.4, -0.2) is 20.5 Å². The van der Waals surface area contributed by atoms with E-state index in [1.807, 2.05) is 80.7 Å². The molecule has 5 nitrogen and oxygen atoms in total. The van der Waals surface area contributed by atoms with E-state index in [9.17, 15) is 4.79 Å². The van der Waals surface area contributed by atoms with Crippen LogP contribution in [-0.2, 0) is 0 Å². The summed E-state index contributed by atoms with van der Waals surface area (Å²) in [6, 6.07) is 19.6. The van der Waals surface area contributed by atoms with E-state index in [1.54, 1.807) is 4.52 Å². The van der Waals surface area contributed by atoms with Gasteiger partial charge in [-0.2, -0.15) is 5.10 Å². The molecule has 0 fully saturated rings. The Bertz CT molecular complexity index is 1100. The summed E-state index contributed by atoms with van der Waals surface area (Å²) in [6.07, 6.45) is 1.81. The minimum absolute atomic E-state index is 0.221. The standard InChI is InChI=1S/C21H18N4O/c1-14-8-9-15(2)22-20(14)21(26)23-17-10-11-18-12-19(24-25(18)13-17)16-6-4-3-5-7-16/h3-13H,1-2H3,(H,23,26). The van der Waals surface area contributed by atoms with Crippen molar-refractivity contribution < 1.29 is 4.79 Å². The van der Waals surface area contributed by atoms with Crippen LogP contribution >= 0.6 is 0 Å². The highest BCUT2D eigenvalue weighted by atomic mass is 16.1. The van der Waals surface area contributed by atoms with Gasteiger partial charge in [0, 0.05) is 11.3 Å². The Labute approximate surface area is 151 Å². The monoisotopic (exact) mass is 342 g/mol. The first kappa shape index (κ1) is 16.0. The van der Waals surface area contributed by atoms with E-state index in [1.165, 1.54) is 0 Å². The van der Waals surface area contributed by atoms with Gasteiger partial charge in [-0.25, -0.2) is 9.50 Å². The van der Waals surface area contributed by atoms with Gasteiger partial charge in [0.2, 0.25) is 0 Å². The van der Waals surface area contributed by atoms with Gasteiger partial charge in [0.15, 0.2) is 0 Å². The molecule has 0 bridgehead atoms. The molecule has 4 rings (SSSR count). The zero-order valence-electron chi connectivity index (χ0n) is 14.6. The van der Waals surface area contributed by atoms with Gasteiger partial charge in [0.25, 0.3) is 5.91 Å². The van der Waals surface area contributed by atoms with Gasteiger partial charge in [-0.05, 0) is 43.7 Å². The van der Waals surface area contributed by atoms with E-state index in [-0.39, 0.29) is 5.91 Å². The number of rotatable bonds is 3. The molecular formula is C21H18N4O. The summed E-state index contributed by atoms with van der Waals surface area (Å²) in [5.41, 5.74) is 5.69. The molecule has 0 aliphatic carbocycles. The largest absolute Gasteiger partial charge is 0.319 e. The molecule has 128 valence electrons. The number of pyridine rings is 2. The van der Waals surface area contributed by atoms with Gasteiger partial charge in [-0.15, -0.1) is 0 Å². The molecule has 26 heavy (non-hydrogen) atoms. The fourth-order valence-electron chi connectivity index (χ4n) is 2.86. The molecule has 0 atom stereocenters. The first-order valence-electron chi connectivity index (χ1n) is 8.40. The fraction of sp³-hybridized carbons (Fsp3) is 0.0952. The molecule has 1 aromatic carbocycles. The SMILES string of the molecule is Cc1ccc(C)c(C(=O)Nc2ccc3cc(-c4ccccc4)nn3c2)n1. The van der Waals surface area contributed by atoms with Crippen molar-refractivity contribution in [3.8, 4) is 11.3 Å². The van der Waals surface area contributed by atoms with Crippen LogP contribution in [0.15, 0.2) is 66.9 Å². The summed E-state index contributed by atoms with van der Waals surface area (Å²) in [5, 5.41) is 7.51. The molecule has 0 radical (unpaired) electrons. The van der Waals surface area contributed by atoms with Crippen molar-refractivity contribution in [2.24, 2.45) is 0 Å². The van der Waals surface area contributed by atoms with Crippen LogP contribution in [0.1, 0.15) is 21.7 Å². The second-order valence-corrected chi connectivity index (χ2v) is 6.26. The first-order valence-corrected chi connectivity index (χ1v) is 8.40. The van der Waals surface area contributed by atoms with Crippen molar-refractivity contribution >= 4 is 17.1 Å². The normalized spacial score (nSPS) is 10.8. The van der Waals surface area contributed by atoms with Crippen molar-refractivity contribution in [1.82, 2.24) is 14.6 Å². The predicted octanol–water partition coefficient (Wildman–Crippen LogP) is 4.27. The van der Waals surface area contributed by atoms with Gasteiger partial charge in [0.05, 0.1) is 23.1 Å². The maximum Gasteiger partial charge on any atom is 0.274 e. The fourth-order valence-corrected chi connectivity index (χ4v) is 2.86. The average molecular weight is 342 g/mol. The number of hydrogen-bond donors (Lipinski definition) is 1. The molecule has 3 heterocycles. The van der Waals surface area contributed by atoms with Crippen LogP contribution in [0.2, 0.25) is 0 Å². The van der Waals surface area contributed by atoms with Crippen LogP contribution in [0.25, 0.3) is 16.8 Å². The molecule has 0 saturated carbocycles. The van der Waals surface area contributed by atoms with Gasteiger partial charge >= 0.3 is 0 Å². The van der Waals surface area contributed by atoms with Crippen molar-refractivity contribution in [1.29, 1.82) is 0 Å². The molecule has 0 saturated heterocycles. The molecule has 0 aliphatic rings. The number of nitrogens with zero attached hydrogens (tertiary/aromatic N) is 3. The van der Waals surface area contributed by atoms with E-state index in [0.717, 1.165) is 28.0 Å². The zero-order valence-corrected chi connectivity index (χ0v) is 14.6. The lowest BCUT2D eigenvalue weighted by Crippen LogP contribution is -2.16. The van der Waals surface area contributed by atoms with E-state index >= 15 is 0 Å². The number of hydrogen-bond acceptors (Lipinski definition) is 3. The molecule has 0 aliphatic heterocycles. The highest BCUT2D eigenvalue weighted by molar-refractivity contribution is 6.03. The molecular weight excluding hydrogens is 324 g/mol. The second kappa shape index (κ2) is 6.44. The Morgan fingerprint density at radius 2 is 1.81 bits per heavy atom. The highest BCUT2D eigenvalue weighted by Crippen LogP contribution is 2.21. The quantitative estimate of drug-likeness (QED) is 0.605. The number of aryl methyl sites for hydroxylation is 2. The molecule has 0 spiro atoms. The molecule has 1 N–H and O–H groups in total. The molecule has 1 amide bonds. The number of benzene rings is 1. The topological polar surface area (TPSA) is 59.3 Å². The number of nitrogens with one attached hydrogen (secondary N) is 1. The minimum Gasteiger partial charge on any atom is -0.319 e. The van der Waals surface area contributed by atoms with Crippen LogP contribution in [0, 0.1) is 13.8 Å². The van der Waals surface area contributed by atoms with E-state index < -0.39 is 0 Å². The number of carbonyl (C=O) groups is 1. The maximum absolute atomic E-state index is 12.5. The number of carbonyl (C=O) groups excluding carboxylic acids is 1. The van der Waals surface area contributed by atoms with Crippen LogP contribution < -0.4 is 5.32 Å². The summed E-state index contributed by atoms with van der Waals surface area (Å²) in [6.45, 7) is 3.75. The first-order chi connectivity index (χ1) is 12.6. The lowest BCUT2D eigenvalue weighted by molar-refractivity contribution is 0.102. The summed E-state index contributed by atoms with van der Waals surface area (Å²) in [5.74, 6) is -0.221. The summed E-state index contributed by atoms with van der Waals surface area (Å²) < 4.78 is 1.77. The third kappa shape index (κ3) is 3.07. The van der Waals surface area contributed by atoms with Crippen molar-refractivity contribution in [2.45, 2.75) is 13.8 Å². The van der Waals surface area contributed by atoms with Gasteiger partial charge in [-0.3, -0.25) is 4.79 Å². The van der Waals surface area contributed by atoms with E-state index in [4.69, 9.17) is 0 Å². The molecule has 4 aromatic rings. The maximum atomic E-state index is 12.5. The second-order valence-electron chi connectivity index (χ2n) is 6.26. The number of fused-ring (bicyclic) bond motifs is 1. The average Bonchev–Trinajstić information content (AvgIpc) is 3.08. The lowest BCUT2D eigenvalue weighted by atomic mass is 10.1. The summed E-state index contributed by atoms with van der Waals surface area (Å²) >= 11 is 0. The van der Waals surface area contributed by atoms with Gasteiger partial charge in [-0.1, -0.05) is 36.4 Å². The van der Waals surface area contributed by atoms with Gasteiger partial charge < -0.3 is 5.32 Å². The lowest BCUT2D eigenvalue weighted by Gasteiger charge is -2.08. The van der Waals surface area contributed by atoms with Crippen molar-refractivity contribution in [3.63, 3.8) is 0 Å². The Kier molecular flexibility index (Phi) is 3.97. The smallest absolute Gasteiger partial charge is 0.274 e. The number of aromatic nitrogens is 3. The van der Waals surface area contributed by atoms with Crippen LogP contribution in [0.5, 0.6) is 0 Å². The Balaban J connectivity index is 1.63. The molecule has 5 heteroatoms. The van der Waals surface area contributed by atoms with Crippen LogP contribution in [0.4, 0.5) is 5.69 Å². The Hall–Kier alpha value is -3.47. The summed E-state index contributed by atoms with van der Waals surface area (Å²) in [4.78, 5) is 16.9. The zero-order chi connectivity index (χ0) is 18.1. The third-order valence-electron chi connectivity index (χ3n) is 4.24. The van der Waals surface area contributed by atoms with Gasteiger partial charge in [0.1, 0.15) is 5.69 Å². The number of anilines is 1. The van der Waals surface area contributed by atoms with Crippen LogP contribution in [0.3, 0.4) is 0 Å². The highest BCUT2D eigenvalue weighted by Gasteiger charge is 2.12. The summed E-state index contributed by atoms with van der Waals surface area (Å²) in [7, 11) is 0. The number of amides is 1. The van der Waals surface area contributed by atoms with E-state index in [0.29, 0.717) is 11.4 Å². The predicted molar refractivity (Wildman–Crippen MR) is 102 cm³/mol. The van der Waals surface area contributed by atoms with Crippen molar-refractivity contribution in [3.05, 3.63) is 83.8 Å². The van der Waals surface area contributed by atoms with E-state index in [2.05, 4.69) is 15.4 Å². The molecule has 0 unspecified atom stereocenters. The van der Waals surface area contributed by atoms with Crippen molar-refractivity contribution in [2.75, 3.05) is 5.32 Å².